The van der Waals surface area contributed by atoms with E-state index in [-0.39, 0.29) is 22.9 Å². The lowest BCUT2D eigenvalue weighted by atomic mass is 9.90. The van der Waals surface area contributed by atoms with Gasteiger partial charge in [0.25, 0.3) is 0 Å². The number of carbonyl (C=O) groups is 2. The van der Waals surface area contributed by atoms with E-state index >= 15 is 0 Å². The van der Waals surface area contributed by atoms with Gasteiger partial charge in [-0.3, -0.25) is 4.79 Å². The van der Waals surface area contributed by atoms with Crippen LogP contribution in [-0.4, -0.2) is 35.5 Å². The fourth-order valence-corrected chi connectivity index (χ4v) is 2.77. The molecule has 0 saturated carbocycles. The zero-order chi connectivity index (χ0) is 17.2. The van der Waals surface area contributed by atoms with E-state index in [0.717, 1.165) is 0 Å². The van der Waals surface area contributed by atoms with Crippen molar-refractivity contribution in [3.05, 3.63) is 34.6 Å². The minimum absolute atomic E-state index is 0.0199. The van der Waals surface area contributed by atoms with Crippen LogP contribution in [0.3, 0.4) is 0 Å². The quantitative estimate of drug-likeness (QED) is 0.753. The van der Waals surface area contributed by atoms with Crippen molar-refractivity contribution in [3.63, 3.8) is 0 Å². The Hall–Kier alpha value is -1.62. The molecule has 0 radical (unpaired) electrons. The number of rotatable bonds is 2. The van der Waals surface area contributed by atoms with E-state index < -0.39 is 23.4 Å². The van der Waals surface area contributed by atoms with Gasteiger partial charge in [-0.25, -0.2) is 9.18 Å². The molecule has 1 saturated heterocycles. The van der Waals surface area contributed by atoms with Crippen molar-refractivity contribution in [1.29, 1.82) is 0 Å². The van der Waals surface area contributed by atoms with Crippen LogP contribution in [-0.2, 0) is 4.74 Å². The minimum atomic E-state index is -0.700. The van der Waals surface area contributed by atoms with Crippen molar-refractivity contribution in [2.75, 3.05) is 13.1 Å². The molecule has 1 aromatic carbocycles. The molecule has 1 aliphatic heterocycles. The van der Waals surface area contributed by atoms with Crippen LogP contribution in [0.4, 0.5) is 9.18 Å². The summed E-state index contributed by atoms with van der Waals surface area (Å²) in [7, 11) is 0. The van der Waals surface area contributed by atoms with E-state index in [0.29, 0.717) is 19.4 Å². The monoisotopic (exact) mass is 341 g/mol. The zero-order valence-corrected chi connectivity index (χ0v) is 14.3. The molecule has 0 spiro atoms. The second-order valence-electron chi connectivity index (χ2n) is 6.73. The normalized spacial score (nSPS) is 18.7. The second kappa shape index (κ2) is 6.87. The average molecular weight is 342 g/mol. The number of Topliss-reactive ketones (excluding diaryl/α,β-unsaturated/α-hetero) is 1. The lowest BCUT2D eigenvalue weighted by molar-refractivity contribution is 0.0172. The Morgan fingerprint density at radius 2 is 2.04 bits per heavy atom. The van der Waals surface area contributed by atoms with Gasteiger partial charge in [0.15, 0.2) is 11.6 Å². The molecule has 4 nitrogen and oxygen atoms in total. The number of halogens is 2. The molecule has 0 aliphatic carbocycles. The third-order valence-electron chi connectivity index (χ3n) is 3.66. The molecule has 0 N–H and O–H groups in total. The van der Waals surface area contributed by atoms with E-state index in [9.17, 15) is 14.0 Å². The van der Waals surface area contributed by atoms with Gasteiger partial charge >= 0.3 is 6.09 Å². The molecule has 1 aliphatic rings. The Labute approximate surface area is 140 Å². The first-order valence-corrected chi connectivity index (χ1v) is 8.03. The third-order valence-corrected chi connectivity index (χ3v) is 3.95. The predicted octanol–water partition coefficient (Wildman–Crippen LogP) is 4.31. The van der Waals surface area contributed by atoms with Gasteiger partial charge in [0.2, 0.25) is 0 Å². The predicted molar refractivity (Wildman–Crippen MR) is 86.3 cm³/mol. The van der Waals surface area contributed by atoms with Crippen LogP contribution in [0.5, 0.6) is 0 Å². The number of carbonyl (C=O) groups excluding carboxylic acids is 2. The fourth-order valence-electron chi connectivity index (χ4n) is 2.60. The molecule has 1 fully saturated rings. The van der Waals surface area contributed by atoms with Gasteiger partial charge in [-0.15, -0.1) is 0 Å². The fraction of sp³-hybridized carbons (Fsp3) is 0.529. The van der Waals surface area contributed by atoms with Gasteiger partial charge in [0.1, 0.15) is 5.60 Å². The molecular weight excluding hydrogens is 321 g/mol. The molecule has 1 aromatic rings. The number of ether oxygens (including phenoxy) is 1. The first kappa shape index (κ1) is 17.7. The highest BCUT2D eigenvalue weighted by Crippen LogP contribution is 2.26. The summed E-state index contributed by atoms with van der Waals surface area (Å²) in [5.41, 5.74) is -0.610. The maximum atomic E-state index is 14.0. The minimum Gasteiger partial charge on any atom is -0.444 e. The van der Waals surface area contributed by atoms with Crippen molar-refractivity contribution in [3.8, 4) is 0 Å². The molecule has 1 heterocycles. The molecule has 0 aromatic heterocycles. The summed E-state index contributed by atoms with van der Waals surface area (Å²) in [4.78, 5) is 26.2. The molecule has 2 rings (SSSR count). The first-order chi connectivity index (χ1) is 10.7. The smallest absolute Gasteiger partial charge is 0.410 e. The zero-order valence-electron chi connectivity index (χ0n) is 13.6. The van der Waals surface area contributed by atoms with Gasteiger partial charge in [0, 0.05) is 19.0 Å². The molecule has 0 bridgehead atoms. The van der Waals surface area contributed by atoms with E-state index in [4.69, 9.17) is 16.3 Å². The van der Waals surface area contributed by atoms with Crippen molar-refractivity contribution >= 4 is 23.5 Å². The van der Waals surface area contributed by atoms with Crippen LogP contribution in [0.2, 0.25) is 5.02 Å². The van der Waals surface area contributed by atoms with Crippen LogP contribution < -0.4 is 0 Å². The Bertz CT molecular complexity index is 612. The van der Waals surface area contributed by atoms with Crippen molar-refractivity contribution < 1.29 is 18.7 Å². The maximum Gasteiger partial charge on any atom is 0.410 e. The van der Waals surface area contributed by atoms with Crippen molar-refractivity contribution in [2.24, 2.45) is 5.92 Å². The van der Waals surface area contributed by atoms with E-state index in [1.807, 2.05) is 0 Å². The summed E-state index contributed by atoms with van der Waals surface area (Å²) in [6.07, 6.45) is 0.851. The Kier molecular flexibility index (Phi) is 5.30. The van der Waals surface area contributed by atoms with E-state index in [2.05, 4.69) is 0 Å². The summed E-state index contributed by atoms with van der Waals surface area (Å²) < 4.78 is 19.4. The summed E-state index contributed by atoms with van der Waals surface area (Å²) >= 11 is 5.74. The summed E-state index contributed by atoms with van der Waals surface area (Å²) in [6.45, 7) is 6.15. The average Bonchev–Trinajstić information content (AvgIpc) is 2.48. The van der Waals surface area contributed by atoms with Gasteiger partial charge in [0.05, 0.1) is 10.6 Å². The van der Waals surface area contributed by atoms with Gasteiger partial charge < -0.3 is 9.64 Å². The Balaban J connectivity index is 2.10. The number of benzene rings is 1. The third kappa shape index (κ3) is 4.44. The molecule has 1 atom stereocenters. The largest absolute Gasteiger partial charge is 0.444 e. The number of hydrogen-bond donors (Lipinski definition) is 0. The number of hydrogen-bond acceptors (Lipinski definition) is 3. The first-order valence-electron chi connectivity index (χ1n) is 7.65. The van der Waals surface area contributed by atoms with Crippen molar-refractivity contribution in [1.82, 2.24) is 4.90 Å². The van der Waals surface area contributed by atoms with Crippen LogP contribution in [0, 0.1) is 11.7 Å². The summed E-state index contributed by atoms with van der Waals surface area (Å²) in [5, 5.41) is -0.0735. The highest BCUT2D eigenvalue weighted by molar-refractivity contribution is 6.31. The van der Waals surface area contributed by atoms with Crippen LogP contribution in [0.1, 0.15) is 44.0 Å². The number of amides is 1. The molecule has 23 heavy (non-hydrogen) atoms. The van der Waals surface area contributed by atoms with E-state index in [1.165, 1.54) is 17.0 Å². The molecule has 1 amide bonds. The summed E-state index contributed by atoms with van der Waals surface area (Å²) in [5.74, 6) is -1.46. The van der Waals surface area contributed by atoms with Gasteiger partial charge in [-0.05, 0) is 45.7 Å². The number of likely N-dealkylation sites (tertiary alicyclic amines) is 1. The lowest BCUT2D eigenvalue weighted by Crippen LogP contribution is -2.44. The SMILES string of the molecule is CC(C)(C)OC(=O)N1CCC[C@@H](C(=O)c2cccc(Cl)c2F)C1. The number of ketones is 1. The Morgan fingerprint density at radius 1 is 1.35 bits per heavy atom. The molecule has 6 heteroatoms. The molecular formula is C17H21ClFNO3. The van der Waals surface area contributed by atoms with Crippen LogP contribution >= 0.6 is 11.6 Å². The van der Waals surface area contributed by atoms with Crippen LogP contribution in [0.15, 0.2) is 18.2 Å². The Morgan fingerprint density at radius 3 is 2.70 bits per heavy atom. The van der Waals surface area contributed by atoms with Crippen molar-refractivity contribution in [2.45, 2.75) is 39.2 Å². The molecule has 126 valence electrons. The summed E-state index contributed by atoms with van der Waals surface area (Å²) in [6, 6.07) is 4.38. The molecule has 0 unspecified atom stereocenters. The standard InChI is InChI=1S/C17H21ClFNO3/c1-17(2,3)23-16(22)20-9-5-6-11(10-20)15(21)12-7-4-8-13(18)14(12)19/h4,7-8,11H,5-6,9-10H2,1-3H3/t11-/m1/s1. The lowest BCUT2D eigenvalue weighted by Gasteiger charge is -2.33. The highest BCUT2D eigenvalue weighted by atomic mass is 35.5. The second-order valence-corrected chi connectivity index (χ2v) is 7.14. The van der Waals surface area contributed by atoms with Crippen LogP contribution in [0.25, 0.3) is 0 Å². The van der Waals surface area contributed by atoms with Gasteiger partial charge in [-0.1, -0.05) is 17.7 Å². The topological polar surface area (TPSA) is 46.6 Å². The number of nitrogens with zero attached hydrogens (tertiary/aromatic N) is 1. The number of piperidine rings is 1. The maximum absolute atomic E-state index is 14.0. The van der Waals surface area contributed by atoms with E-state index in [1.54, 1.807) is 26.8 Å². The van der Waals surface area contributed by atoms with Gasteiger partial charge in [-0.2, -0.15) is 0 Å². The highest BCUT2D eigenvalue weighted by Gasteiger charge is 2.32.